The zero-order chi connectivity index (χ0) is 8.74. The Labute approximate surface area is 71.7 Å². The van der Waals surface area contributed by atoms with E-state index in [1.54, 1.807) is 0 Å². The molecule has 0 saturated carbocycles. The van der Waals surface area contributed by atoms with E-state index in [9.17, 15) is 0 Å². The highest BCUT2D eigenvalue weighted by Gasteiger charge is 2.21. The van der Waals surface area contributed by atoms with E-state index < -0.39 is 0 Å². The first-order valence-corrected chi connectivity index (χ1v) is 4.85. The van der Waals surface area contributed by atoms with Crippen LogP contribution in [0.4, 0.5) is 0 Å². The molecule has 0 nitrogen and oxygen atoms in total. The summed E-state index contributed by atoms with van der Waals surface area (Å²) in [4.78, 5) is 0. The summed E-state index contributed by atoms with van der Waals surface area (Å²) in [5.41, 5.74) is 0.590. The molecule has 0 aromatic heterocycles. The summed E-state index contributed by atoms with van der Waals surface area (Å²) in [6, 6.07) is 0. The van der Waals surface area contributed by atoms with Gasteiger partial charge in [0.05, 0.1) is 0 Å². The lowest BCUT2D eigenvalue weighted by molar-refractivity contribution is 0.254. The molecule has 0 aromatic carbocycles. The minimum Gasteiger partial charge on any atom is -0.0916 e. The highest BCUT2D eigenvalue weighted by atomic mass is 14.3. The van der Waals surface area contributed by atoms with Crippen LogP contribution in [0.5, 0.6) is 0 Å². The molecule has 0 bridgehead atoms. The molecule has 0 amide bonds. The van der Waals surface area contributed by atoms with Crippen molar-refractivity contribution in [2.24, 2.45) is 5.41 Å². The fourth-order valence-corrected chi connectivity index (χ4v) is 1.55. The van der Waals surface area contributed by atoms with Crippen LogP contribution in [0.1, 0.15) is 53.4 Å². The Hall–Kier alpha value is -0.260. The van der Waals surface area contributed by atoms with Gasteiger partial charge >= 0.3 is 0 Å². The zero-order valence-electron chi connectivity index (χ0n) is 8.48. The molecule has 0 aliphatic heterocycles. The Morgan fingerprint density at radius 2 is 1.45 bits per heavy atom. The summed E-state index contributed by atoms with van der Waals surface area (Å²) < 4.78 is 0. The standard InChI is InChI=1S/C11H22/c1-5-9-10-11(6-2,7-3)8-4/h5,9H,6-8,10H2,1-4H3/b9-5+. The maximum absolute atomic E-state index is 2.30. The fourth-order valence-electron chi connectivity index (χ4n) is 1.55. The van der Waals surface area contributed by atoms with Crippen molar-refractivity contribution in [3.05, 3.63) is 12.2 Å². The van der Waals surface area contributed by atoms with Gasteiger partial charge in [-0.15, -0.1) is 0 Å². The molecule has 0 aliphatic rings. The van der Waals surface area contributed by atoms with Gasteiger partial charge in [0.25, 0.3) is 0 Å². The molecule has 66 valence electrons. The quantitative estimate of drug-likeness (QED) is 0.521. The van der Waals surface area contributed by atoms with Crippen molar-refractivity contribution in [2.45, 2.75) is 53.4 Å². The van der Waals surface area contributed by atoms with Crippen molar-refractivity contribution < 1.29 is 0 Å². The van der Waals surface area contributed by atoms with E-state index in [2.05, 4.69) is 39.8 Å². The maximum atomic E-state index is 2.30. The molecule has 0 aromatic rings. The number of hydrogen-bond acceptors (Lipinski definition) is 0. The van der Waals surface area contributed by atoms with E-state index in [1.807, 2.05) is 0 Å². The van der Waals surface area contributed by atoms with Gasteiger partial charge in [-0.2, -0.15) is 0 Å². The van der Waals surface area contributed by atoms with Gasteiger partial charge in [0, 0.05) is 0 Å². The van der Waals surface area contributed by atoms with E-state index in [-0.39, 0.29) is 0 Å². The predicted molar refractivity (Wildman–Crippen MR) is 52.7 cm³/mol. The van der Waals surface area contributed by atoms with Crippen molar-refractivity contribution in [1.82, 2.24) is 0 Å². The third kappa shape index (κ3) is 3.09. The minimum absolute atomic E-state index is 0.590. The lowest BCUT2D eigenvalue weighted by Crippen LogP contribution is -2.16. The summed E-state index contributed by atoms with van der Waals surface area (Å²) in [5.74, 6) is 0. The SMILES string of the molecule is C/C=C/CC(CC)(CC)CC. The molecule has 0 heteroatoms. The van der Waals surface area contributed by atoms with Crippen LogP contribution in [0, 0.1) is 5.41 Å². The highest BCUT2D eigenvalue weighted by molar-refractivity contribution is 4.87. The van der Waals surface area contributed by atoms with Gasteiger partial charge in [-0.3, -0.25) is 0 Å². The molecule has 0 heterocycles. The summed E-state index contributed by atoms with van der Waals surface area (Å²) in [6.07, 6.45) is 9.65. The molecule has 0 unspecified atom stereocenters. The molecule has 0 atom stereocenters. The van der Waals surface area contributed by atoms with E-state index in [1.165, 1.54) is 25.7 Å². The first-order valence-electron chi connectivity index (χ1n) is 4.85. The van der Waals surface area contributed by atoms with Gasteiger partial charge in [0.15, 0.2) is 0 Å². The third-order valence-corrected chi connectivity index (χ3v) is 3.04. The molecule has 0 spiro atoms. The molecule has 0 aliphatic carbocycles. The predicted octanol–water partition coefficient (Wildman–Crippen LogP) is 4.17. The second-order valence-corrected chi connectivity index (χ2v) is 3.33. The minimum atomic E-state index is 0.590. The fraction of sp³-hybridized carbons (Fsp3) is 0.818. The van der Waals surface area contributed by atoms with Crippen molar-refractivity contribution in [3.63, 3.8) is 0 Å². The summed E-state index contributed by atoms with van der Waals surface area (Å²) >= 11 is 0. The van der Waals surface area contributed by atoms with Crippen LogP contribution in [0.2, 0.25) is 0 Å². The van der Waals surface area contributed by atoms with Crippen LogP contribution in [0.3, 0.4) is 0 Å². The van der Waals surface area contributed by atoms with E-state index in [0.717, 1.165) is 0 Å². The first kappa shape index (κ1) is 10.7. The zero-order valence-corrected chi connectivity index (χ0v) is 8.48. The Kier molecular flexibility index (Phi) is 5.27. The van der Waals surface area contributed by atoms with E-state index in [0.29, 0.717) is 5.41 Å². The van der Waals surface area contributed by atoms with E-state index in [4.69, 9.17) is 0 Å². The summed E-state index contributed by atoms with van der Waals surface area (Å²) in [7, 11) is 0. The van der Waals surface area contributed by atoms with Gasteiger partial charge in [0.1, 0.15) is 0 Å². The molecule has 0 N–H and O–H groups in total. The Bertz CT molecular complexity index is 98.9. The molecule has 0 radical (unpaired) electrons. The molecule has 0 saturated heterocycles. The van der Waals surface area contributed by atoms with Crippen LogP contribution < -0.4 is 0 Å². The summed E-state index contributed by atoms with van der Waals surface area (Å²) in [5, 5.41) is 0. The summed E-state index contributed by atoms with van der Waals surface area (Å²) in [6.45, 7) is 9.01. The smallest absolute Gasteiger partial charge is 0.0271 e. The van der Waals surface area contributed by atoms with Crippen molar-refractivity contribution in [3.8, 4) is 0 Å². The lowest BCUT2D eigenvalue weighted by Gasteiger charge is -2.28. The number of rotatable bonds is 5. The number of allylic oxidation sites excluding steroid dienone is 2. The molecule has 0 rings (SSSR count). The van der Waals surface area contributed by atoms with Crippen LogP contribution in [-0.4, -0.2) is 0 Å². The second-order valence-electron chi connectivity index (χ2n) is 3.33. The van der Waals surface area contributed by atoms with Crippen molar-refractivity contribution in [1.29, 1.82) is 0 Å². The van der Waals surface area contributed by atoms with Gasteiger partial charge in [-0.1, -0.05) is 52.2 Å². The van der Waals surface area contributed by atoms with Gasteiger partial charge in [-0.25, -0.2) is 0 Å². The Balaban J connectivity index is 4.04. The Morgan fingerprint density at radius 3 is 1.73 bits per heavy atom. The lowest BCUT2D eigenvalue weighted by atomic mass is 9.77. The van der Waals surface area contributed by atoms with Crippen LogP contribution in [0.15, 0.2) is 12.2 Å². The van der Waals surface area contributed by atoms with Gasteiger partial charge < -0.3 is 0 Å². The molecule has 11 heavy (non-hydrogen) atoms. The Morgan fingerprint density at radius 1 is 1.00 bits per heavy atom. The first-order chi connectivity index (χ1) is 5.24. The van der Waals surface area contributed by atoms with Gasteiger partial charge in [-0.05, 0) is 18.8 Å². The van der Waals surface area contributed by atoms with Gasteiger partial charge in [0.2, 0.25) is 0 Å². The topological polar surface area (TPSA) is 0 Å². The van der Waals surface area contributed by atoms with Crippen molar-refractivity contribution >= 4 is 0 Å². The normalized spacial score (nSPS) is 12.7. The monoisotopic (exact) mass is 154 g/mol. The molecule has 0 fully saturated rings. The van der Waals surface area contributed by atoms with Crippen LogP contribution >= 0.6 is 0 Å². The largest absolute Gasteiger partial charge is 0.0916 e. The van der Waals surface area contributed by atoms with Crippen LogP contribution in [0.25, 0.3) is 0 Å². The van der Waals surface area contributed by atoms with E-state index >= 15 is 0 Å². The molecular weight excluding hydrogens is 132 g/mol. The van der Waals surface area contributed by atoms with Crippen LogP contribution in [-0.2, 0) is 0 Å². The average Bonchev–Trinajstić information content (AvgIpc) is 2.08. The third-order valence-electron chi connectivity index (χ3n) is 3.04. The van der Waals surface area contributed by atoms with Crippen molar-refractivity contribution in [2.75, 3.05) is 0 Å². The highest BCUT2D eigenvalue weighted by Crippen LogP contribution is 2.34. The maximum Gasteiger partial charge on any atom is -0.0271 e. The average molecular weight is 154 g/mol. The second kappa shape index (κ2) is 5.40. The number of hydrogen-bond donors (Lipinski definition) is 0. The molecular formula is C11H22.